The molecule has 1 aromatic carbocycles. The summed E-state index contributed by atoms with van der Waals surface area (Å²) in [5, 5.41) is 15.5. The third-order valence-electron chi connectivity index (χ3n) is 5.36. The summed E-state index contributed by atoms with van der Waals surface area (Å²) >= 11 is 2.22. The van der Waals surface area contributed by atoms with Crippen LogP contribution in [0.3, 0.4) is 0 Å². The summed E-state index contributed by atoms with van der Waals surface area (Å²) in [5.74, 6) is 2.23. The van der Waals surface area contributed by atoms with E-state index in [1.807, 2.05) is 23.9 Å². The standard InChI is InChI=1S/C20H23IN4O/c1-12-7-16-11-22-25(20-10-19(21)23-13(2)24-20)18(16)9-15(12)8-14-3-5-17(26)6-4-14/h7,9-11,14,17,26H,3-6,8H2,1-2H3. The van der Waals surface area contributed by atoms with Crippen LogP contribution in [0.1, 0.15) is 42.6 Å². The van der Waals surface area contributed by atoms with Crippen molar-refractivity contribution in [3.05, 3.63) is 45.0 Å². The van der Waals surface area contributed by atoms with Gasteiger partial charge in [0.25, 0.3) is 0 Å². The summed E-state index contributed by atoms with van der Waals surface area (Å²) < 4.78 is 2.83. The van der Waals surface area contributed by atoms with Gasteiger partial charge in [0.15, 0.2) is 5.82 Å². The molecule has 0 amide bonds. The van der Waals surface area contributed by atoms with Crippen LogP contribution in [0.15, 0.2) is 24.4 Å². The maximum absolute atomic E-state index is 9.74. The fraction of sp³-hybridized carbons (Fsp3) is 0.450. The van der Waals surface area contributed by atoms with Crippen molar-refractivity contribution in [2.45, 2.75) is 52.1 Å². The van der Waals surface area contributed by atoms with Crippen molar-refractivity contribution >= 4 is 33.5 Å². The van der Waals surface area contributed by atoms with Crippen molar-refractivity contribution in [2.75, 3.05) is 0 Å². The van der Waals surface area contributed by atoms with Gasteiger partial charge >= 0.3 is 0 Å². The van der Waals surface area contributed by atoms with Crippen LogP contribution in [0.2, 0.25) is 0 Å². The molecule has 1 N–H and O–H groups in total. The highest BCUT2D eigenvalue weighted by Gasteiger charge is 2.21. The second-order valence-electron chi connectivity index (χ2n) is 7.37. The number of nitrogens with zero attached hydrogens (tertiary/aromatic N) is 4. The molecule has 0 saturated heterocycles. The lowest BCUT2D eigenvalue weighted by molar-refractivity contribution is 0.108. The average molecular weight is 462 g/mol. The quantitative estimate of drug-likeness (QED) is 0.470. The van der Waals surface area contributed by atoms with Gasteiger partial charge < -0.3 is 5.11 Å². The van der Waals surface area contributed by atoms with Crippen LogP contribution in [0.4, 0.5) is 0 Å². The van der Waals surface area contributed by atoms with Gasteiger partial charge in [-0.05, 0) is 97.7 Å². The zero-order chi connectivity index (χ0) is 18.3. The molecule has 0 bridgehead atoms. The average Bonchev–Trinajstić information content (AvgIpc) is 2.99. The zero-order valence-corrected chi connectivity index (χ0v) is 17.3. The van der Waals surface area contributed by atoms with E-state index in [1.54, 1.807) is 0 Å². The van der Waals surface area contributed by atoms with E-state index in [4.69, 9.17) is 0 Å². The Balaban J connectivity index is 1.70. The van der Waals surface area contributed by atoms with Gasteiger partial charge in [0.2, 0.25) is 0 Å². The van der Waals surface area contributed by atoms with Crippen LogP contribution in [-0.2, 0) is 6.42 Å². The van der Waals surface area contributed by atoms with Crippen LogP contribution in [0.5, 0.6) is 0 Å². The van der Waals surface area contributed by atoms with E-state index in [2.05, 4.69) is 56.7 Å². The molecule has 1 aliphatic carbocycles. The number of aliphatic hydroxyl groups is 1. The number of benzene rings is 1. The molecule has 26 heavy (non-hydrogen) atoms. The molecule has 5 nitrogen and oxygen atoms in total. The Morgan fingerprint density at radius 2 is 1.88 bits per heavy atom. The first kappa shape index (κ1) is 17.9. The lowest BCUT2D eigenvalue weighted by atomic mass is 9.82. The fourth-order valence-corrected chi connectivity index (χ4v) is 4.55. The van der Waals surface area contributed by atoms with Crippen molar-refractivity contribution in [3.63, 3.8) is 0 Å². The predicted octanol–water partition coefficient (Wildman–Crippen LogP) is 4.13. The molecule has 0 unspecified atom stereocenters. The van der Waals surface area contributed by atoms with Crippen LogP contribution in [-0.4, -0.2) is 31.0 Å². The molecular weight excluding hydrogens is 439 g/mol. The van der Waals surface area contributed by atoms with E-state index in [9.17, 15) is 5.11 Å². The van der Waals surface area contributed by atoms with Crippen LogP contribution in [0.25, 0.3) is 16.7 Å². The van der Waals surface area contributed by atoms with Gasteiger partial charge in [0.1, 0.15) is 9.53 Å². The van der Waals surface area contributed by atoms with Gasteiger partial charge in [0.05, 0.1) is 17.8 Å². The highest BCUT2D eigenvalue weighted by atomic mass is 127. The highest BCUT2D eigenvalue weighted by Crippen LogP contribution is 2.30. The number of fused-ring (bicyclic) bond motifs is 1. The van der Waals surface area contributed by atoms with Crippen LogP contribution < -0.4 is 0 Å². The van der Waals surface area contributed by atoms with Crippen molar-refractivity contribution < 1.29 is 5.11 Å². The van der Waals surface area contributed by atoms with E-state index in [0.29, 0.717) is 5.92 Å². The molecule has 0 atom stereocenters. The number of halogens is 1. The summed E-state index contributed by atoms with van der Waals surface area (Å²) in [6.07, 6.45) is 6.97. The SMILES string of the molecule is Cc1nc(I)cc(-n2ncc3cc(C)c(CC4CCC(O)CC4)cc32)n1. The second kappa shape index (κ2) is 7.23. The topological polar surface area (TPSA) is 63.8 Å². The van der Waals surface area contributed by atoms with Gasteiger partial charge in [-0.1, -0.05) is 0 Å². The molecule has 1 fully saturated rings. The lowest BCUT2D eigenvalue weighted by Gasteiger charge is -2.26. The van der Waals surface area contributed by atoms with Gasteiger partial charge in [-0.2, -0.15) is 5.10 Å². The van der Waals surface area contributed by atoms with Crippen molar-refractivity contribution in [1.29, 1.82) is 0 Å². The number of aliphatic hydroxyl groups excluding tert-OH is 1. The van der Waals surface area contributed by atoms with Gasteiger partial charge in [0, 0.05) is 11.5 Å². The minimum atomic E-state index is -0.0975. The number of hydrogen-bond acceptors (Lipinski definition) is 4. The summed E-state index contributed by atoms with van der Waals surface area (Å²) in [4.78, 5) is 8.91. The smallest absolute Gasteiger partial charge is 0.158 e. The maximum atomic E-state index is 9.74. The molecule has 136 valence electrons. The Morgan fingerprint density at radius 1 is 1.12 bits per heavy atom. The van der Waals surface area contributed by atoms with Crippen molar-refractivity contribution in [2.24, 2.45) is 5.92 Å². The summed E-state index contributed by atoms with van der Waals surface area (Å²) in [7, 11) is 0. The van der Waals surface area contributed by atoms with Crippen molar-refractivity contribution in [1.82, 2.24) is 19.7 Å². The second-order valence-corrected chi connectivity index (χ2v) is 8.47. The maximum Gasteiger partial charge on any atom is 0.158 e. The monoisotopic (exact) mass is 462 g/mol. The summed E-state index contributed by atoms with van der Waals surface area (Å²) in [5.41, 5.74) is 3.79. The lowest BCUT2D eigenvalue weighted by Crippen LogP contribution is -2.19. The molecule has 1 aliphatic rings. The van der Waals surface area contributed by atoms with Gasteiger partial charge in [-0.3, -0.25) is 0 Å². The van der Waals surface area contributed by atoms with Crippen molar-refractivity contribution in [3.8, 4) is 5.82 Å². The summed E-state index contributed by atoms with van der Waals surface area (Å²) in [6.45, 7) is 4.09. The predicted molar refractivity (Wildman–Crippen MR) is 111 cm³/mol. The Labute approximate surface area is 167 Å². The fourth-order valence-electron chi connectivity index (χ4n) is 3.92. The molecule has 0 aliphatic heterocycles. The number of rotatable bonds is 3. The molecule has 1 saturated carbocycles. The van der Waals surface area contributed by atoms with Crippen LogP contribution >= 0.6 is 22.6 Å². The first-order chi connectivity index (χ1) is 12.5. The van der Waals surface area contributed by atoms with E-state index >= 15 is 0 Å². The minimum absolute atomic E-state index is 0.0975. The molecule has 3 aromatic rings. The Hall–Kier alpha value is -1.54. The molecular formula is C20H23IN4O. The van der Waals surface area contributed by atoms with E-state index in [0.717, 1.165) is 58.3 Å². The van der Waals surface area contributed by atoms with Gasteiger partial charge in [-0.25, -0.2) is 14.6 Å². The van der Waals surface area contributed by atoms with E-state index in [1.165, 1.54) is 11.1 Å². The summed E-state index contributed by atoms with van der Waals surface area (Å²) in [6, 6.07) is 6.46. The molecule has 0 radical (unpaired) electrons. The molecule has 2 aromatic heterocycles. The Morgan fingerprint density at radius 3 is 2.62 bits per heavy atom. The van der Waals surface area contributed by atoms with Gasteiger partial charge in [-0.15, -0.1) is 0 Å². The van der Waals surface area contributed by atoms with E-state index < -0.39 is 0 Å². The van der Waals surface area contributed by atoms with E-state index in [-0.39, 0.29) is 6.10 Å². The minimum Gasteiger partial charge on any atom is -0.393 e. The first-order valence-electron chi connectivity index (χ1n) is 9.16. The third kappa shape index (κ3) is 3.62. The zero-order valence-electron chi connectivity index (χ0n) is 15.1. The Bertz CT molecular complexity index is 924. The molecule has 4 rings (SSSR count). The normalized spacial score (nSPS) is 20.6. The molecule has 6 heteroatoms. The number of aryl methyl sites for hydroxylation is 2. The third-order valence-corrected chi connectivity index (χ3v) is 5.91. The highest BCUT2D eigenvalue weighted by molar-refractivity contribution is 14.1. The first-order valence-corrected chi connectivity index (χ1v) is 10.2. The largest absolute Gasteiger partial charge is 0.393 e. The number of aromatic nitrogens is 4. The van der Waals surface area contributed by atoms with Crippen LogP contribution in [0, 0.1) is 23.5 Å². The Kier molecular flexibility index (Phi) is 4.96. The molecule has 2 heterocycles. The number of hydrogen-bond donors (Lipinski definition) is 1. The molecule has 0 spiro atoms.